The third-order valence-electron chi connectivity index (χ3n) is 4.41. The van der Waals surface area contributed by atoms with Gasteiger partial charge in [-0.25, -0.2) is 0 Å². The Kier molecular flexibility index (Phi) is 7.11. The molecule has 0 aromatic carbocycles. The van der Waals surface area contributed by atoms with E-state index >= 15 is 0 Å². The third-order valence-corrected chi connectivity index (χ3v) is 4.41. The smallest absolute Gasteiger partial charge is 0.00463 e. The molecule has 0 aromatic heterocycles. The summed E-state index contributed by atoms with van der Waals surface area (Å²) in [4.78, 5) is 0. The number of nitrogens with one attached hydrogen (secondary N) is 1. The van der Waals surface area contributed by atoms with E-state index in [1.807, 2.05) is 0 Å². The van der Waals surface area contributed by atoms with Gasteiger partial charge in [0.15, 0.2) is 0 Å². The summed E-state index contributed by atoms with van der Waals surface area (Å²) in [5, 5.41) is 3.53. The average Bonchev–Trinajstić information content (AvgIpc) is 2.34. The first-order valence-corrected chi connectivity index (χ1v) is 7.48. The molecule has 0 heterocycles. The summed E-state index contributed by atoms with van der Waals surface area (Å²) < 4.78 is 0. The molecule has 0 spiro atoms. The molecule has 0 amide bonds. The molecule has 0 aromatic rings. The zero-order chi connectivity index (χ0) is 11.8. The maximum Gasteiger partial charge on any atom is -0.00463 e. The first kappa shape index (κ1) is 14.0. The summed E-state index contributed by atoms with van der Waals surface area (Å²) in [5.41, 5.74) is 0. The van der Waals surface area contributed by atoms with E-state index in [2.05, 4.69) is 26.1 Å². The van der Waals surface area contributed by atoms with E-state index in [0.717, 1.165) is 17.8 Å². The second-order valence-electron chi connectivity index (χ2n) is 5.72. The quantitative estimate of drug-likeness (QED) is 0.639. The zero-order valence-corrected chi connectivity index (χ0v) is 11.6. The summed E-state index contributed by atoms with van der Waals surface area (Å²) in [6.45, 7) is 9.48. The van der Waals surface area contributed by atoms with Crippen LogP contribution >= 0.6 is 0 Å². The first-order valence-electron chi connectivity index (χ1n) is 7.48. The van der Waals surface area contributed by atoms with Gasteiger partial charge in [0.25, 0.3) is 0 Å². The minimum Gasteiger partial charge on any atom is -0.317 e. The molecule has 1 nitrogen and oxygen atoms in total. The van der Waals surface area contributed by atoms with Gasteiger partial charge in [-0.2, -0.15) is 0 Å². The Morgan fingerprint density at radius 2 is 2.00 bits per heavy atom. The number of rotatable bonds is 7. The van der Waals surface area contributed by atoms with Crippen LogP contribution in [0, 0.1) is 17.8 Å². The molecule has 1 N–H and O–H groups in total. The predicted octanol–water partition coefficient (Wildman–Crippen LogP) is 4.23. The Labute approximate surface area is 102 Å². The van der Waals surface area contributed by atoms with Crippen molar-refractivity contribution in [2.45, 2.75) is 65.7 Å². The molecule has 0 radical (unpaired) electrons. The Hall–Kier alpha value is -0.0400. The van der Waals surface area contributed by atoms with Crippen LogP contribution in [0.25, 0.3) is 0 Å². The average molecular weight is 225 g/mol. The van der Waals surface area contributed by atoms with Gasteiger partial charge in [0.05, 0.1) is 0 Å². The molecule has 96 valence electrons. The largest absolute Gasteiger partial charge is 0.317 e. The van der Waals surface area contributed by atoms with Crippen LogP contribution in [0.5, 0.6) is 0 Å². The highest BCUT2D eigenvalue weighted by molar-refractivity contribution is 4.76. The minimum absolute atomic E-state index is 0.929. The van der Waals surface area contributed by atoms with Crippen molar-refractivity contribution >= 4 is 0 Å². The van der Waals surface area contributed by atoms with E-state index in [9.17, 15) is 0 Å². The lowest BCUT2D eigenvalue weighted by Gasteiger charge is -2.32. The number of hydrogen-bond acceptors (Lipinski definition) is 1. The molecule has 1 saturated carbocycles. The minimum atomic E-state index is 0.929. The lowest BCUT2D eigenvalue weighted by atomic mass is 9.74. The fourth-order valence-electron chi connectivity index (χ4n) is 3.09. The van der Waals surface area contributed by atoms with Gasteiger partial charge in [0.1, 0.15) is 0 Å². The molecule has 1 aliphatic rings. The van der Waals surface area contributed by atoms with Crippen molar-refractivity contribution in [3.8, 4) is 0 Å². The molecule has 0 aliphatic heterocycles. The van der Waals surface area contributed by atoms with E-state index in [0.29, 0.717) is 0 Å². The Morgan fingerprint density at radius 1 is 1.19 bits per heavy atom. The van der Waals surface area contributed by atoms with Gasteiger partial charge in [0, 0.05) is 0 Å². The highest BCUT2D eigenvalue weighted by Crippen LogP contribution is 2.36. The summed E-state index contributed by atoms with van der Waals surface area (Å²) in [6, 6.07) is 0. The molecular formula is C15H31N. The zero-order valence-electron chi connectivity index (χ0n) is 11.6. The molecule has 1 heteroatoms. The van der Waals surface area contributed by atoms with Crippen molar-refractivity contribution in [2.24, 2.45) is 17.8 Å². The highest BCUT2D eigenvalue weighted by atomic mass is 14.8. The Balaban J connectivity index is 2.16. The maximum atomic E-state index is 3.53. The molecule has 0 bridgehead atoms. The predicted molar refractivity (Wildman–Crippen MR) is 72.7 cm³/mol. The second kappa shape index (κ2) is 8.11. The summed E-state index contributed by atoms with van der Waals surface area (Å²) >= 11 is 0. The van der Waals surface area contributed by atoms with Crippen molar-refractivity contribution in [1.29, 1.82) is 0 Å². The maximum absolute atomic E-state index is 3.53. The van der Waals surface area contributed by atoms with Crippen LogP contribution in [0.3, 0.4) is 0 Å². The van der Waals surface area contributed by atoms with Crippen LogP contribution in [-0.4, -0.2) is 13.1 Å². The van der Waals surface area contributed by atoms with Crippen molar-refractivity contribution < 1.29 is 0 Å². The molecule has 1 aliphatic carbocycles. The lowest BCUT2D eigenvalue weighted by molar-refractivity contribution is 0.194. The van der Waals surface area contributed by atoms with Gasteiger partial charge in [-0.15, -0.1) is 0 Å². The Bertz CT molecular complexity index is 167. The van der Waals surface area contributed by atoms with Crippen LogP contribution in [-0.2, 0) is 0 Å². The summed E-state index contributed by atoms with van der Waals surface area (Å²) in [5.74, 6) is 2.98. The summed E-state index contributed by atoms with van der Waals surface area (Å²) in [7, 11) is 0. The van der Waals surface area contributed by atoms with Gasteiger partial charge in [-0.05, 0) is 50.1 Å². The van der Waals surface area contributed by atoms with Gasteiger partial charge < -0.3 is 5.32 Å². The molecule has 1 fully saturated rings. The third kappa shape index (κ3) is 4.86. The lowest BCUT2D eigenvalue weighted by Crippen LogP contribution is -2.25. The Morgan fingerprint density at radius 3 is 2.69 bits per heavy atom. The molecular weight excluding hydrogens is 194 g/mol. The standard InChI is InChI=1S/C15H31N/c1-4-10-16-11-9-13(3)15-8-6-7-14(5-2)12-15/h13-16H,4-12H2,1-3H3. The van der Waals surface area contributed by atoms with Gasteiger partial charge in [-0.3, -0.25) is 0 Å². The van der Waals surface area contributed by atoms with E-state index in [1.165, 1.54) is 58.0 Å². The van der Waals surface area contributed by atoms with E-state index in [1.54, 1.807) is 0 Å². The SMILES string of the molecule is CCCNCCC(C)C1CCCC(CC)C1. The van der Waals surface area contributed by atoms with Crippen LogP contribution in [0.1, 0.15) is 65.7 Å². The van der Waals surface area contributed by atoms with Crippen molar-refractivity contribution in [2.75, 3.05) is 13.1 Å². The van der Waals surface area contributed by atoms with E-state index in [4.69, 9.17) is 0 Å². The summed E-state index contributed by atoms with van der Waals surface area (Å²) in [6.07, 6.45) is 10.0. The van der Waals surface area contributed by atoms with Crippen molar-refractivity contribution in [3.63, 3.8) is 0 Å². The molecule has 1 rings (SSSR count). The van der Waals surface area contributed by atoms with E-state index < -0.39 is 0 Å². The first-order chi connectivity index (χ1) is 7.77. The highest BCUT2D eigenvalue weighted by Gasteiger charge is 2.24. The van der Waals surface area contributed by atoms with Gasteiger partial charge in [0.2, 0.25) is 0 Å². The van der Waals surface area contributed by atoms with Crippen molar-refractivity contribution in [3.05, 3.63) is 0 Å². The number of hydrogen-bond donors (Lipinski definition) is 1. The van der Waals surface area contributed by atoms with E-state index in [-0.39, 0.29) is 0 Å². The fraction of sp³-hybridized carbons (Fsp3) is 1.00. The van der Waals surface area contributed by atoms with Crippen LogP contribution in [0.15, 0.2) is 0 Å². The molecule has 3 unspecified atom stereocenters. The molecule has 3 atom stereocenters. The van der Waals surface area contributed by atoms with Crippen LogP contribution in [0.4, 0.5) is 0 Å². The molecule has 16 heavy (non-hydrogen) atoms. The fourth-order valence-corrected chi connectivity index (χ4v) is 3.09. The van der Waals surface area contributed by atoms with Crippen LogP contribution in [0.2, 0.25) is 0 Å². The van der Waals surface area contributed by atoms with Crippen LogP contribution < -0.4 is 5.32 Å². The topological polar surface area (TPSA) is 12.0 Å². The molecule has 0 saturated heterocycles. The monoisotopic (exact) mass is 225 g/mol. The second-order valence-corrected chi connectivity index (χ2v) is 5.72. The van der Waals surface area contributed by atoms with Gasteiger partial charge in [-0.1, -0.05) is 46.5 Å². The normalized spacial score (nSPS) is 27.9. The van der Waals surface area contributed by atoms with Gasteiger partial charge >= 0.3 is 0 Å². The van der Waals surface area contributed by atoms with Crippen molar-refractivity contribution in [1.82, 2.24) is 5.32 Å².